The second-order valence-electron chi connectivity index (χ2n) is 6.14. The zero-order chi connectivity index (χ0) is 20.4. The van der Waals surface area contributed by atoms with E-state index in [0.717, 1.165) is 10.1 Å². The Labute approximate surface area is 170 Å². The Morgan fingerprint density at radius 3 is 2.54 bits per heavy atom. The number of benzene rings is 1. The van der Waals surface area contributed by atoms with Gasteiger partial charge in [-0.3, -0.25) is 18.5 Å². The van der Waals surface area contributed by atoms with Gasteiger partial charge in [0.25, 0.3) is 5.56 Å². The monoisotopic (exact) mass is 420 g/mol. The number of rotatable bonds is 5. The quantitative estimate of drug-likeness (QED) is 0.507. The maximum absolute atomic E-state index is 12.7. The van der Waals surface area contributed by atoms with Crippen LogP contribution < -0.4 is 16.7 Å². The summed E-state index contributed by atoms with van der Waals surface area (Å²) in [5, 5.41) is 5.38. The van der Waals surface area contributed by atoms with Crippen LogP contribution in [-0.2, 0) is 20.6 Å². The molecule has 0 spiro atoms. The van der Waals surface area contributed by atoms with Crippen molar-refractivity contribution < 1.29 is 0 Å². The van der Waals surface area contributed by atoms with Crippen LogP contribution in [0.15, 0.2) is 50.1 Å². The first-order valence-electron chi connectivity index (χ1n) is 8.32. The largest absolute Gasteiger partial charge is 0.332 e. The van der Waals surface area contributed by atoms with Gasteiger partial charge >= 0.3 is 5.69 Å². The van der Waals surface area contributed by atoms with Crippen LogP contribution in [0.5, 0.6) is 0 Å². The Kier molecular flexibility index (Phi) is 5.71. The third kappa shape index (κ3) is 3.88. The summed E-state index contributed by atoms with van der Waals surface area (Å²) in [5.74, 6) is 0.313. The van der Waals surface area contributed by atoms with Gasteiger partial charge in [-0.1, -0.05) is 41.4 Å². The van der Waals surface area contributed by atoms with Crippen LogP contribution in [0.3, 0.4) is 0 Å². The lowest BCUT2D eigenvalue weighted by Crippen LogP contribution is -2.37. The number of nitrogens with one attached hydrogen (secondary N) is 1. The Hall–Kier alpha value is -2.84. The summed E-state index contributed by atoms with van der Waals surface area (Å²) in [6.07, 6.45) is 3.33. The average Bonchev–Trinajstić information content (AvgIpc) is 3.03. The van der Waals surface area contributed by atoms with Crippen molar-refractivity contribution in [3.63, 3.8) is 0 Å². The molecular weight excluding hydrogens is 403 g/mol. The molecule has 0 radical (unpaired) electrons. The van der Waals surface area contributed by atoms with Crippen molar-refractivity contribution in [1.82, 2.24) is 18.7 Å². The molecule has 0 aliphatic carbocycles. The minimum Gasteiger partial charge on any atom is -0.299 e. The summed E-state index contributed by atoms with van der Waals surface area (Å²) in [5.41, 5.74) is 3.31. The molecule has 146 valence electrons. The summed E-state index contributed by atoms with van der Waals surface area (Å²) < 4.78 is 3.99. The minimum absolute atomic E-state index is 0.262. The van der Waals surface area contributed by atoms with Gasteiger partial charge in [0, 0.05) is 30.7 Å². The summed E-state index contributed by atoms with van der Waals surface area (Å²) in [6, 6.07) is 7.14. The van der Waals surface area contributed by atoms with E-state index >= 15 is 0 Å². The second kappa shape index (κ2) is 8.04. The number of aromatic nitrogens is 4. The molecule has 0 amide bonds. The summed E-state index contributed by atoms with van der Waals surface area (Å²) in [6.45, 7) is 2.03. The van der Waals surface area contributed by atoms with Crippen LogP contribution >= 0.6 is 23.2 Å². The number of nitrogens with zero attached hydrogens (tertiary/aromatic N) is 5. The van der Waals surface area contributed by atoms with E-state index in [2.05, 4.69) is 15.5 Å². The molecule has 8 nitrogen and oxygen atoms in total. The second-order valence-corrected chi connectivity index (χ2v) is 7.17. The average molecular weight is 421 g/mol. The van der Waals surface area contributed by atoms with Crippen molar-refractivity contribution in [1.29, 1.82) is 0 Å². The number of imidazole rings is 1. The number of fused-ring (bicyclic) bond motifs is 1. The molecule has 3 aromatic rings. The maximum atomic E-state index is 12.7. The lowest BCUT2D eigenvalue weighted by Gasteiger charge is -2.07. The van der Waals surface area contributed by atoms with E-state index < -0.39 is 11.2 Å². The summed E-state index contributed by atoms with van der Waals surface area (Å²) in [7, 11) is 2.99. The zero-order valence-corrected chi connectivity index (χ0v) is 17.0. The molecule has 0 atom stereocenters. The van der Waals surface area contributed by atoms with Gasteiger partial charge in [0.15, 0.2) is 11.2 Å². The van der Waals surface area contributed by atoms with E-state index in [4.69, 9.17) is 23.2 Å². The molecule has 1 N–H and O–H groups in total. The van der Waals surface area contributed by atoms with E-state index in [1.54, 1.807) is 43.0 Å². The van der Waals surface area contributed by atoms with Crippen LogP contribution in [0.25, 0.3) is 11.2 Å². The van der Waals surface area contributed by atoms with Crippen LogP contribution in [0.2, 0.25) is 5.02 Å². The topological polar surface area (TPSA) is 86.2 Å². The molecule has 0 bridgehead atoms. The van der Waals surface area contributed by atoms with Gasteiger partial charge in [-0.15, -0.1) is 0 Å². The predicted octanol–water partition coefficient (Wildman–Crippen LogP) is 2.68. The molecule has 2 aromatic heterocycles. The fraction of sp³-hybridized carbons (Fsp3) is 0.222. The first-order chi connectivity index (χ1) is 13.3. The molecule has 10 heteroatoms. The fourth-order valence-electron chi connectivity index (χ4n) is 2.64. The normalized spacial score (nSPS) is 12.2. The van der Waals surface area contributed by atoms with Gasteiger partial charge in [0.2, 0.25) is 5.95 Å². The van der Waals surface area contributed by atoms with E-state index in [9.17, 15) is 9.59 Å². The third-order valence-corrected chi connectivity index (χ3v) is 4.56. The summed E-state index contributed by atoms with van der Waals surface area (Å²) >= 11 is 11.8. The molecule has 0 saturated heterocycles. The third-order valence-electron chi connectivity index (χ3n) is 4.15. The Morgan fingerprint density at radius 2 is 1.89 bits per heavy atom. The van der Waals surface area contributed by atoms with Crippen molar-refractivity contribution in [2.75, 3.05) is 5.43 Å². The van der Waals surface area contributed by atoms with Gasteiger partial charge in [0.1, 0.15) is 0 Å². The Morgan fingerprint density at radius 1 is 1.21 bits per heavy atom. The Balaban J connectivity index is 2.08. The molecule has 0 fully saturated rings. The summed E-state index contributed by atoms with van der Waals surface area (Å²) in [4.78, 5) is 29.3. The lowest BCUT2D eigenvalue weighted by molar-refractivity contribution is 0.703. The van der Waals surface area contributed by atoms with Crippen LogP contribution in [0.4, 0.5) is 5.95 Å². The van der Waals surface area contributed by atoms with Crippen molar-refractivity contribution in [2.45, 2.75) is 13.5 Å². The molecule has 0 aliphatic rings. The molecule has 0 unspecified atom stereocenters. The number of hydrogen-bond donors (Lipinski definition) is 1. The maximum Gasteiger partial charge on any atom is 0.332 e. The van der Waals surface area contributed by atoms with E-state index in [-0.39, 0.29) is 17.7 Å². The van der Waals surface area contributed by atoms with E-state index in [1.807, 2.05) is 12.1 Å². The molecule has 28 heavy (non-hydrogen) atoms. The van der Waals surface area contributed by atoms with Gasteiger partial charge in [-0.25, -0.2) is 10.2 Å². The van der Waals surface area contributed by atoms with Crippen molar-refractivity contribution >= 4 is 46.5 Å². The van der Waals surface area contributed by atoms with Crippen LogP contribution in [0, 0.1) is 0 Å². The van der Waals surface area contributed by atoms with Crippen LogP contribution in [0.1, 0.15) is 12.5 Å². The SMILES string of the molecule is C/C(Cl)=C\Cn1c(N/N=C\c2ccc(Cl)cc2)nc2c1c(=O)n(C)c(=O)n2C. The number of aryl methyl sites for hydroxylation is 1. The van der Waals surface area contributed by atoms with Gasteiger partial charge < -0.3 is 0 Å². The number of halogens is 2. The highest BCUT2D eigenvalue weighted by Crippen LogP contribution is 2.16. The minimum atomic E-state index is -0.456. The van der Waals surface area contributed by atoms with Crippen molar-refractivity contribution in [3.8, 4) is 0 Å². The van der Waals surface area contributed by atoms with Gasteiger partial charge in [-0.05, 0) is 24.6 Å². The van der Waals surface area contributed by atoms with Crippen molar-refractivity contribution in [2.24, 2.45) is 19.2 Å². The zero-order valence-electron chi connectivity index (χ0n) is 15.5. The first-order valence-corrected chi connectivity index (χ1v) is 9.08. The molecule has 0 saturated carbocycles. The Bertz CT molecular complexity index is 1200. The van der Waals surface area contributed by atoms with Gasteiger partial charge in [0.05, 0.1) is 6.21 Å². The highest BCUT2D eigenvalue weighted by atomic mass is 35.5. The van der Waals surface area contributed by atoms with Gasteiger partial charge in [-0.2, -0.15) is 10.1 Å². The smallest absolute Gasteiger partial charge is 0.299 e. The van der Waals surface area contributed by atoms with E-state index in [1.165, 1.54) is 11.6 Å². The standard InChI is InChI=1S/C18H18Cl2N6O2/c1-11(19)8-9-26-14-15(24(2)18(28)25(3)16(14)27)22-17(26)23-21-10-12-4-6-13(20)7-5-12/h4-8,10H,9H2,1-3H3,(H,22,23)/b11-8+,21-10-. The predicted molar refractivity (Wildman–Crippen MR) is 112 cm³/mol. The molecular formula is C18H18Cl2N6O2. The molecule has 0 aliphatic heterocycles. The lowest BCUT2D eigenvalue weighted by atomic mass is 10.2. The molecule has 3 rings (SSSR count). The highest BCUT2D eigenvalue weighted by molar-refractivity contribution is 6.30. The molecule has 1 aromatic carbocycles. The van der Waals surface area contributed by atoms with E-state index in [0.29, 0.717) is 16.0 Å². The number of anilines is 1. The van der Waals surface area contributed by atoms with Crippen molar-refractivity contribution in [3.05, 3.63) is 66.8 Å². The first kappa shape index (κ1) is 19.9. The number of hydrazone groups is 1. The highest BCUT2D eigenvalue weighted by Gasteiger charge is 2.18. The number of allylic oxidation sites excluding steroid dienone is 2. The van der Waals surface area contributed by atoms with Crippen LogP contribution in [-0.4, -0.2) is 24.9 Å². The molecule has 2 heterocycles. The number of hydrogen-bond acceptors (Lipinski definition) is 5. The fourth-order valence-corrected chi connectivity index (χ4v) is 2.84.